The van der Waals surface area contributed by atoms with Crippen LogP contribution in [0.2, 0.25) is 5.02 Å². The molecule has 0 saturated heterocycles. The van der Waals surface area contributed by atoms with Gasteiger partial charge in [-0.25, -0.2) is 18.1 Å². The summed E-state index contributed by atoms with van der Waals surface area (Å²) in [5.74, 6) is 0.985. The van der Waals surface area contributed by atoms with Gasteiger partial charge in [0.05, 0.1) is 25.2 Å². The van der Waals surface area contributed by atoms with Crippen molar-refractivity contribution >= 4 is 44.8 Å². The lowest BCUT2D eigenvalue weighted by Crippen LogP contribution is -2.48. The number of nitrogens with zero attached hydrogens (tertiary/aromatic N) is 4. The Kier molecular flexibility index (Phi) is 9.74. The van der Waals surface area contributed by atoms with Crippen molar-refractivity contribution in [2.45, 2.75) is 56.6 Å². The molecule has 2 aliphatic rings. The number of likely N-dealkylation sites (N-methyl/N-ethyl adjacent to an activating group) is 1. The maximum atomic E-state index is 13.0. The molecule has 41 heavy (non-hydrogen) atoms. The zero-order valence-electron chi connectivity index (χ0n) is 23.0. The predicted molar refractivity (Wildman–Crippen MR) is 152 cm³/mol. The normalized spacial score (nSPS) is 21.1. The summed E-state index contributed by atoms with van der Waals surface area (Å²) in [5.41, 5.74) is 2.05. The molecule has 1 aromatic carbocycles. The highest BCUT2D eigenvalue weighted by Crippen LogP contribution is 2.37. The molecule has 16 heteroatoms. The van der Waals surface area contributed by atoms with Crippen LogP contribution in [0, 0.1) is 0 Å². The Morgan fingerprint density at radius 1 is 1.22 bits per heavy atom. The van der Waals surface area contributed by atoms with Gasteiger partial charge in [0.15, 0.2) is 11.9 Å². The SMILES string of the molecule is COc1cc2c(cc1Nc1ncc(Cl)c(N[C@@H]3CCCC[C@H]3NS(C)(=O)=O)n1)N(C)CCN(CC(O)C(F)(F)F)C2. The lowest BCUT2D eigenvalue weighted by molar-refractivity contribution is -0.208. The van der Waals surface area contributed by atoms with Gasteiger partial charge in [0.2, 0.25) is 16.0 Å². The number of methoxy groups -OCH3 is 1. The average Bonchev–Trinajstić information content (AvgIpc) is 3.03. The van der Waals surface area contributed by atoms with Gasteiger partial charge in [0, 0.05) is 51.0 Å². The molecule has 1 aliphatic carbocycles. The number of aliphatic hydroxyl groups is 1. The van der Waals surface area contributed by atoms with E-state index < -0.39 is 28.8 Å². The fourth-order valence-corrected chi connectivity index (χ4v) is 6.12. The number of alkyl halides is 3. The van der Waals surface area contributed by atoms with Crippen LogP contribution in [0.5, 0.6) is 5.75 Å². The third-order valence-corrected chi connectivity index (χ3v) is 8.22. The molecule has 3 atom stereocenters. The topological polar surface area (TPSA) is 132 Å². The van der Waals surface area contributed by atoms with Crippen molar-refractivity contribution in [3.8, 4) is 5.75 Å². The Labute approximate surface area is 242 Å². The summed E-state index contributed by atoms with van der Waals surface area (Å²) in [4.78, 5) is 12.3. The number of hydrogen-bond donors (Lipinski definition) is 4. The zero-order valence-corrected chi connectivity index (χ0v) is 24.6. The van der Waals surface area contributed by atoms with E-state index in [4.69, 9.17) is 16.3 Å². The largest absolute Gasteiger partial charge is 0.495 e. The molecule has 4 rings (SSSR count). The molecule has 11 nitrogen and oxygen atoms in total. The molecule has 1 fully saturated rings. The van der Waals surface area contributed by atoms with Crippen LogP contribution in [-0.2, 0) is 16.6 Å². The van der Waals surface area contributed by atoms with Gasteiger partial charge in [0.1, 0.15) is 10.8 Å². The number of aliphatic hydroxyl groups excluding tert-OH is 1. The summed E-state index contributed by atoms with van der Waals surface area (Å²) in [6.45, 7) is 0.433. The van der Waals surface area contributed by atoms with Crippen LogP contribution < -0.4 is 25.0 Å². The molecule has 2 aromatic rings. The van der Waals surface area contributed by atoms with E-state index in [-0.39, 0.29) is 29.6 Å². The maximum absolute atomic E-state index is 13.0. The molecule has 0 radical (unpaired) electrons. The van der Waals surface area contributed by atoms with Crippen molar-refractivity contribution in [1.29, 1.82) is 0 Å². The third-order valence-electron chi connectivity index (χ3n) is 7.21. The number of β-amino-alcohol motifs (C(OH)–C–C–N with tert-alkyl or cyclic N) is 1. The van der Waals surface area contributed by atoms with Crippen molar-refractivity contribution in [1.82, 2.24) is 19.6 Å². The number of sulfonamides is 1. The van der Waals surface area contributed by atoms with Crippen LogP contribution in [-0.4, -0.2) is 92.8 Å². The van der Waals surface area contributed by atoms with Crippen LogP contribution in [0.15, 0.2) is 18.3 Å². The Morgan fingerprint density at radius 3 is 2.59 bits per heavy atom. The standard InChI is InChI=1S/C25H35ClF3N7O4S/c1-35-8-9-36(14-22(37)25(27,28)29)13-15-10-21(40-2)19(11-20(15)35)32-24-30-12-16(26)23(33-24)31-17-6-4-5-7-18(17)34-41(3,38)39/h10-12,17-18,22,34,37H,4-9,13-14H2,1-3H3,(H2,30,31,32,33)/t17-,18-,22?/m1/s1. The number of rotatable bonds is 9. The zero-order chi connectivity index (χ0) is 29.9. The predicted octanol–water partition coefficient (Wildman–Crippen LogP) is 3.33. The van der Waals surface area contributed by atoms with Crippen LogP contribution in [0.3, 0.4) is 0 Å². The summed E-state index contributed by atoms with van der Waals surface area (Å²) in [6, 6.07) is 3.03. The Bertz CT molecular complexity index is 1340. The lowest BCUT2D eigenvalue weighted by Gasteiger charge is -2.32. The first-order chi connectivity index (χ1) is 19.2. The second-order valence-electron chi connectivity index (χ2n) is 10.4. The number of nitrogens with one attached hydrogen (secondary N) is 3. The number of anilines is 4. The van der Waals surface area contributed by atoms with Crippen LogP contribution in [0.1, 0.15) is 31.2 Å². The summed E-state index contributed by atoms with van der Waals surface area (Å²) < 4.78 is 70.9. The second kappa shape index (κ2) is 12.7. The molecule has 4 N–H and O–H groups in total. The van der Waals surface area contributed by atoms with Crippen LogP contribution in [0.25, 0.3) is 0 Å². The Hall–Kier alpha value is -2.59. The number of halogens is 4. The molecule has 2 heterocycles. The van der Waals surface area contributed by atoms with E-state index in [2.05, 4.69) is 25.3 Å². The highest BCUT2D eigenvalue weighted by molar-refractivity contribution is 7.88. The van der Waals surface area contributed by atoms with Crippen molar-refractivity contribution in [2.75, 3.05) is 55.6 Å². The molecular weight excluding hydrogens is 587 g/mol. The van der Waals surface area contributed by atoms with E-state index in [1.165, 1.54) is 13.3 Å². The van der Waals surface area contributed by atoms with Gasteiger partial charge in [-0.2, -0.15) is 18.2 Å². The molecule has 228 valence electrons. The molecule has 1 aromatic heterocycles. The molecule has 0 amide bonds. The fraction of sp³-hybridized carbons (Fsp3) is 0.600. The minimum atomic E-state index is -4.69. The van der Waals surface area contributed by atoms with Crippen LogP contribution >= 0.6 is 11.6 Å². The first-order valence-electron chi connectivity index (χ1n) is 13.2. The van der Waals surface area contributed by atoms with Gasteiger partial charge in [-0.1, -0.05) is 24.4 Å². The number of benzene rings is 1. The van der Waals surface area contributed by atoms with Crippen molar-refractivity contribution in [2.24, 2.45) is 0 Å². The van der Waals surface area contributed by atoms with Gasteiger partial charge < -0.3 is 25.4 Å². The molecule has 1 saturated carbocycles. The van der Waals surface area contributed by atoms with Gasteiger partial charge in [-0.3, -0.25) is 4.90 Å². The minimum absolute atomic E-state index is 0.193. The van der Waals surface area contributed by atoms with Gasteiger partial charge in [-0.05, 0) is 30.5 Å². The number of ether oxygens (including phenoxy) is 1. The summed E-state index contributed by atoms with van der Waals surface area (Å²) in [5, 5.41) is 16.3. The fourth-order valence-electron chi connectivity index (χ4n) is 5.14. The smallest absolute Gasteiger partial charge is 0.415 e. The highest BCUT2D eigenvalue weighted by Gasteiger charge is 2.39. The number of hydrogen-bond acceptors (Lipinski definition) is 10. The number of aromatic nitrogens is 2. The molecule has 1 aliphatic heterocycles. The van der Waals surface area contributed by atoms with Gasteiger partial charge >= 0.3 is 6.18 Å². The van der Waals surface area contributed by atoms with Crippen molar-refractivity contribution in [3.63, 3.8) is 0 Å². The molecule has 1 unspecified atom stereocenters. The minimum Gasteiger partial charge on any atom is -0.495 e. The van der Waals surface area contributed by atoms with E-state index in [1.807, 2.05) is 18.0 Å². The van der Waals surface area contributed by atoms with Gasteiger partial charge in [0.25, 0.3) is 0 Å². The summed E-state index contributed by atoms with van der Waals surface area (Å²) in [7, 11) is -0.0815. The quantitative estimate of drug-likeness (QED) is 0.331. The monoisotopic (exact) mass is 621 g/mol. The second-order valence-corrected chi connectivity index (χ2v) is 12.6. The van der Waals surface area contributed by atoms with E-state index >= 15 is 0 Å². The molecule has 0 spiro atoms. The first-order valence-corrected chi connectivity index (χ1v) is 15.4. The highest BCUT2D eigenvalue weighted by atomic mass is 35.5. The maximum Gasteiger partial charge on any atom is 0.415 e. The molecular formula is C25H35ClF3N7O4S. The van der Waals surface area contributed by atoms with Crippen molar-refractivity contribution < 1.29 is 31.4 Å². The van der Waals surface area contributed by atoms with Crippen molar-refractivity contribution in [3.05, 3.63) is 28.9 Å². The Morgan fingerprint density at radius 2 is 1.93 bits per heavy atom. The van der Waals surface area contributed by atoms with E-state index in [0.29, 0.717) is 36.8 Å². The van der Waals surface area contributed by atoms with E-state index in [9.17, 15) is 26.7 Å². The van der Waals surface area contributed by atoms with E-state index in [1.54, 1.807) is 11.0 Å². The van der Waals surface area contributed by atoms with Gasteiger partial charge in [-0.15, -0.1) is 0 Å². The summed E-state index contributed by atoms with van der Waals surface area (Å²) in [6.07, 6.45) is -1.30. The average molecular weight is 622 g/mol. The first kappa shape index (κ1) is 31.3. The van der Waals surface area contributed by atoms with Crippen LogP contribution in [0.4, 0.5) is 36.3 Å². The lowest BCUT2D eigenvalue weighted by atomic mass is 9.91. The Balaban J connectivity index is 1.56. The van der Waals surface area contributed by atoms with E-state index in [0.717, 1.165) is 36.8 Å². The number of fused-ring (bicyclic) bond motifs is 1. The third kappa shape index (κ3) is 8.25. The summed E-state index contributed by atoms with van der Waals surface area (Å²) >= 11 is 6.39. The molecule has 0 bridgehead atoms.